The van der Waals surface area contributed by atoms with Crippen molar-refractivity contribution in [3.05, 3.63) is 133 Å². The van der Waals surface area contributed by atoms with Gasteiger partial charge >= 0.3 is 0 Å². The first-order valence-electron chi connectivity index (χ1n) is 10.2. The molecule has 0 saturated carbocycles. The molecule has 5 aromatic carbocycles. The monoisotopic (exact) mass is 381 g/mol. The minimum atomic E-state index is 1.12. The van der Waals surface area contributed by atoms with E-state index in [0.29, 0.717) is 0 Å². The first-order chi connectivity index (χ1) is 14.9. The Hall–Kier alpha value is -3.90. The van der Waals surface area contributed by atoms with Gasteiger partial charge in [-0.2, -0.15) is 0 Å². The fourth-order valence-electron chi connectivity index (χ4n) is 3.76. The van der Waals surface area contributed by atoms with Crippen LogP contribution >= 0.6 is 0 Å². The largest absolute Gasteiger partial charge is 0.0622 e. The topological polar surface area (TPSA) is 0 Å². The van der Waals surface area contributed by atoms with E-state index in [1.165, 1.54) is 38.9 Å². The molecular formula is C30H21. The van der Waals surface area contributed by atoms with Crippen LogP contribution in [0.3, 0.4) is 0 Å². The van der Waals surface area contributed by atoms with Gasteiger partial charge in [-0.05, 0) is 50.6 Å². The highest BCUT2D eigenvalue weighted by Gasteiger charge is 2.03. The molecule has 0 aromatic heterocycles. The Morgan fingerprint density at radius 1 is 0.300 bits per heavy atom. The van der Waals surface area contributed by atoms with E-state index < -0.39 is 0 Å². The molecule has 1 radical (unpaired) electrons. The summed E-state index contributed by atoms with van der Waals surface area (Å²) in [6.07, 6.45) is 0. The van der Waals surface area contributed by atoms with Gasteiger partial charge < -0.3 is 0 Å². The highest BCUT2D eigenvalue weighted by molar-refractivity contribution is 5.74. The molecule has 0 atom stereocenters. The molecule has 0 nitrogen and oxygen atoms in total. The Labute approximate surface area is 178 Å². The Balaban J connectivity index is 1.35. The predicted molar refractivity (Wildman–Crippen MR) is 127 cm³/mol. The minimum Gasteiger partial charge on any atom is -0.0622 e. The third kappa shape index (κ3) is 3.81. The van der Waals surface area contributed by atoms with E-state index in [2.05, 4.69) is 109 Å². The average molecular weight is 381 g/mol. The molecule has 0 spiro atoms. The molecule has 0 unspecified atom stereocenters. The third-order valence-electron chi connectivity index (χ3n) is 5.45. The molecule has 0 N–H and O–H groups in total. The van der Waals surface area contributed by atoms with Gasteiger partial charge in [-0.3, -0.25) is 0 Å². The summed E-state index contributed by atoms with van der Waals surface area (Å²) in [5.41, 5.74) is 9.71. The van der Waals surface area contributed by atoms with Crippen LogP contribution in [-0.4, -0.2) is 0 Å². The van der Waals surface area contributed by atoms with Gasteiger partial charge in [0.1, 0.15) is 0 Å². The third-order valence-corrected chi connectivity index (χ3v) is 5.45. The van der Waals surface area contributed by atoms with E-state index in [-0.39, 0.29) is 0 Å². The van der Waals surface area contributed by atoms with Gasteiger partial charge in [-0.1, -0.05) is 127 Å². The molecular weight excluding hydrogens is 360 g/mol. The molecule has 0 aliphatic carbocycles. The van der Waals surface area contributed by atoms with Crippen LogP contribution in [0.15, 0.2) is 127 Å². The molecule has 141 valence electrons. The van der Waals surface area contributed by atoms with E-state index in [0.717, 1.165) is 5.56 Å². The molecule has 0 amide bonds. The smallest absolute Gasteiger partial charge is 0.00992 e. The van der Waals surface area contributed by atoms with Gasteiger partial charge in [0.2, 0.25) is 0 Å². The summed E-state index contributed by atoms with van der Waals surface area (Å²) < 4.78 is 0. The number of hydrogen-bond donors (Lipinski definition) is 0. The Kier molecular flexibility index (Phi) is 4.98. The second-order valence-corrected chi connectivity index (χ2v) is 7.37. The average Bonchev–Trinajstić information content (AvgIpc) is 2.85. The van der Waals surface area contributed by atoms with Crippen molar-refractivity contribution in [1.29, 1.82) is 0 Å². The fraction of sp³-hybridized carbons (Fsp3) is 0. The first kappa shape index (κ1) is 18.1. The highest BCUT2D eigenvalue weighted by atomic mass is 14.1. The zero-order valence-electron chi connectivity index (χ0n) is 16.6. The van der Waals surface area contributed by atoms with Crippen LogP contribution < -0.4 is 0 Å². The summed E-state index contributed by atoms with van der Waals surface area (Å²) in [6, 6.07) is 48.1. The summed E-state index contributed by atoms with van der Waals surface area (Å²) in [5.74, 6) is 0. The maximum absolute atomic E-state index is 3.28. The van der Waals surface area contributed by atoms with Crippen LogP contribution in [0.2, 0.25) is 0 Å². The van der Waals surface area contributed by atoms with Gasteiger partial charge in [-0.25, -0.2) is 0 Å². The molecule has 0 fully saturated rings. The first-order valence-corrected chi connectivity index (χ1v) is 10.2. The number of benzene rings is 5. The van der Waals surface area contributed by atoms with Crippen molar-refractivity contribution in [2.24, 2.45) is 0 Å². The lowest BCUT2D eigenvalue weighted by Gasteiger charge is -2.08. The van der Waals surface area contributed by atoms with Crippen molar-refractivity contribution in [2.45, 2.75) is 0 Å². The van der Waals surface area contributed by atoms with Crippen LogP contribution in [0.5, 0.6) is 0 Å². The van der Waals surface area contributed by atoms with E-state index in [9.17, 15) is 0 Å². The minimum absolute atomic E-state index is 1.12. The second-order valence-electron chi connectivity index (χ2n) is 7.37. The molecule has 30 heavy (non-hydrogen) atoms. The van der Waals surface area contributed by atoms with Crippen LogP contribution in [0.25, 0.3) is 44.5 Å². The number of rotatable bonds is 4. The van der Waals surface area contributed by atoms with Crippen LogP contribution in [0.1, 0.15) is 0 Å². The fourth-order valence-corrected chi connectivity index (χ4v) is 3.76. The van der Waals surface area contributed by atoms with Gasteiger partial charge in [0.05, 0.1) is 0 Å². The maximum Gasteiger partial charge on any atom is -0.00992 e. The van der Waals surface area contributed by atoms with Crippen LogP contribution in [0.4, 0.5) is 0 Å². The van der Waals surface area contributed by atoms with Crippen molar-refractivity contribution in [3.63, 3.8) is 0 Å². The van der Waals surface area contributed by atoms with Gasteiger partial charge in [0.25, 0.3) is 0 Å². The Morgan fingerprint density at radius 2 is 0.667 bits per heavy atom. The zero-order valence-corrected chi connectivity index (χ0v) is 16.6. The predicted octanol–water partition coefficient (Wildman–Crippen LogP) is 8.15. The molecule has 0 heteroatoms. The molecule has 0 saturated heterocycles. The van der Waals surface area contributed by atoms with Gasteiger partial charge in [-0.15, -0.1) is 0 Å². The normalized spacial score (nSPS) is 10.7. The van der Waals surface area contributed by atoms with Crippen LogP contribution in [-0.2, 0) is 0 Å². The summed E-state index contributed by atoms with van der Waals surface area (Å²) in [5, 5.41) is 0. The maximum atomic E-state index is 3.28. The van der Waals surface area contributed by atoms with Crippen molar-refractivity contribution in [1.82, 2.24) is 0 Å². The summed E-state index contributed by atoms with van der Waals surface area (Å²) in [6.45, 7) is 0. The molecule has 0 aliphatic rings. The quantitative estimate of drug-likeness (QED) is 0.294. The van der Waals surface area contributed by atoms with Gasteiger partial charge in [0.15, 0.2) is 0 Å². The Morgan fingerprint density at radius 3 is 1.07 bits per heavy atom. The van der Waals surface area contributed by atoms with Crippen molar-refractivity contribution in [3.8, 4) is 44.5 Å². The molecule has 0 aliphatic heterocycles. The van der Waals surface area contributed by atoms with Gasteiger partial charge in [0, 0.05) is 0 Å². The SMILES string of the molecule is [c]1ccccc1-c1ccc(-c2ccc(-c3ccc(-c4ccccc4)cc3)cc2)cc1. The second kappa shape index (κ2) is 8.23. The lowest BCUT2D eigenvalue weighted by Crippen LogP contribution is -1.83. The highest BCUT2D eigenvalue weighted by Crippen LogP contribution is 2.28. The summed E-state index contributed by atoms with van der Waals surface area (Å²) >= 11 is 0. The van der Waals surface area contributed by atoms with Crippen molar-refractivity contribution in [2.75, 3.05) is 0 Å². The van der Waals surface area contributed by atoms with Crippen molar-refractivity contribution >= 4 is 0 Å². The zero-order chi connectivity index (χ0) is 20.2. The standard InChI is InChI=1S/C30H21/c1-3-7-23(8-4-1)25-11-15-27(16-12-25)29-19-21-30(22-20-29)28-17-13-26(14-18-28)24-9-5-2-6-10-24/h1-9,11-22H. The van der Waals surface area contributed by atoms with E-state index in [1.54, 1.807) is 0 Å². The van der Waals surface area contributed by atoms with E-state index in [4.69, 9.17) is 0 Å². The summed E-state index contributed by atoms with van der Waals surface area (Å²) in [4.78, 5) is 0. The molecule has 5 aromatic rings. The lowest BCUT2D eigenvalue weighted by atomic mass is 9.97. The Bertz CT molecular complexity index is 1110. The number of hydrogen-bond acceptors (Lipinski definition) is 0. The van der Waals surface area contributed by atoms with Crippen LogP contribution in [0, 0.1) is 6.07 Å². The van der Waals surface area contributed by atoms with E-state index in [1.807, 2.05) is 24.3 Å². The molecule has 5 rings (SSSR count). The summed E-state index contributed by atoms with van der Waals surface area (Å²) in [7, 11) is 0. The lowest BCUT2D eigenvalue weighted by molar-refractivity contribution is 1.57. The van der Waals surface area contributed by atoms with E-state index >= 15 is 0 Å². The van der Waals surface area contributed by atoms with Crippen molar-refractivity contribution < 1.29 is 0 Å². The molecule has 0 heterocycles. The molecule has 0 bridgehead atoms.